The van der Waals surface area contributed by atoms with Crippen molar-refractivity contribution in [3.8, 4) is 0 Å². The van der Waals surface area contributed by atoms with E-state index in [0.717, 1.165) is 0 Å². The van der Waals surface area contributed by atoms with Gasteiger partial charge in [-0.15, -0.1) is 0 Å². The Hall–Kier alpha value is -3.01. The molecule has 9 nitrogen and oxygen atoms in total. The zero-order chi connectivity index (χ0) is 20.3. The molecule has 0 spiro atoms. The van der Waals surface area contributed by atoms with Crippen molar-refractivity contribution in [1.82, 2.24) is 19.3 Å². The van der Waals surface area contributed by atoms with Gasteiger partial charge < -0.3 is 4.74 Å². The summed E-state index contributed by atoms with van der Waals surface area (Å²) in [6.07, 6.45) is 1.30. The Kier molecular flexibility index (Phi) is 5.88. The molecule has 0 N–H and O–H groups in total. The van der Waals surface area contributed by atoms with Crippen LogP contribution in [0.15, 0.2) is 46.1 Å². The normalized spacial score (nSPS) is 10.8. The number of esters is 1. The predicted octanol–water partition coefficient (Wildman–Crippen LogP) is 1.49. The van der Waals surface area contributed by atoms with Crippen molar-refractivity contribution in [2.24, 2.45) is 7.05 Å². The van der Waals surface area contributed by atoms with Crippen LogP contribution in [0.4, 0.5) is 5.69 Å². The summed E-state index contributed by atoms with van der Waals surface area (Å²) in [5.74, 6) is -0.974. The Bertz CT molecular complexity index is 1080. The summed E-state index contributed by atoms with van der Waals surface area (Å²) in [7, 11) is 1.67. The minimum absolute atomic E-state index is 0.213. The van der Waals surface area contributed by atoms with E-state index in [-0.39, 0.29) is 25.1 Å². The van der Waals surface area contributed by atoms with Crippen LogP contribution in [0.25, 0.3) is 11.0 Å². The van der Waals surface area contributed by atoms with Gasteiger partial charge in [-0.1, -0.05) is 18.2 Å². The number of ether oxygens (including phenoxy) is 1. The number of carbonyl (C=O) groups is 2. The number of carbonyl (C=O) groups excluding carboxylic acids is 2. The maximum Gasteiger partial charge on any atom is 0.326 e. The lowest BCUT2D eigenvalue weighted by atomic mass is 10.2. The molecule has 0 aliphatic heterocycles. The lowest BCUT2D eigenvalue weighted by Crippen LogP contribution is -2.40. The van der Waals surface area contributed by atoms with E-state index in [9.17, 15) is 14.4 Å². The summed E-state index contributed by atoms with van der Waals surface area (Å²) < 4.78 is 7.99. The molecule has 0 radical (unpaired) electrons. The maximum absolute atomic E-state index is 12.9. The third kappa shape index (κ3) is 3.96. The molecule has 0 unspecified atom stereocenters. The van der Waals surface area contributed by atoms with Crippen LogP contribution in [-0.4, -0.2) is 44.4 Å². The molecule has 146 valence electrons. The highest BCUT2D eigenvalue weighted by Crippen LogP contribution is 2.17. The van der Waals surface area contributed by atoms with E-state index in [1.165, 1.54) is 20.5 Å². The molecule has 0 saturated heterocycles. The summed E-state index contributed by atoms with van der Waals surface area (Å²) in [6, 6.07) is 8.73. The molecule has 0 aliphatic carbocycles. The number of aryl methyl sites for hydroxylation is 1. The molecular weight excluding hydrogens is 430 g/mol. The van der Waals surface area contributed by atoms with Crippen molar-refractivity contribution in [3.05, 3.63) is 51.6 Å². The van der Waals surface area contributed by atoms with Crippen LogP contribution in [0.3, 0.4) is 0 Å². The van der Waals surface area contributed by atoms with Crippen LogP contribution in [0, 0.1) is 0 Å². The first-order valence-electron chi connectivity index (χ1n) is 8.51. The average Bonchev–Trinajstić information content (AvgIpc) is 2.97. The van der Waals surface area contributed by atoms with Crippen LogP contribution in [0.5, 0.6) is 0 Å². The van der Waals surface area contributed by atoms with Gasteiger partial charge in [0.05, 0.1) is 6.61 Å². The number of halogens is 1. The fourth-order valence-electron chi connectivity index (χ4n) is 2.75. The quantitative estimate of drug-likeness (QED) is 0.530. The number of rotatable bonds is 6. The van der Waals surface area contributed by atoms with E-state index < -0.39 is 17.4 Å². The number of benzene rings is 1. The van der Waals surface area contributed by atoms with Crippen LogP contribution >= 0.6 is 15.9 Å². The second kappa shape index (κ2) is 8.34. The van der Waals surface area contributed by atoms with E-state index in [1.54, 1.807) is 44.3 Å². The monoisotopic (exact) mass is 447 g/mol. The fourth-order valence-corrected chi connectivity index (χ4v) is 3.33. The molecule has 10 heteroatoms. The van der Waals surface area contributed by atoms with Crippen LogP contribution in [-0.2, 0) is 27.9 Å². The van der Waals surface area contributed by atoms with Crippen molar-refractivity contribution in [3.63, 3.8) is 0 Å². The van der Waals surface area contributed by atoms with Crippen molar-refractivity contribution in [2.75, 3.05) is 18.1 Å². The van der Waals surface area contributed by atoms with Gasteiger partial charge in [-0.25, -0.2) is 9.67 Å². The molecule has 3 aromatic rings. The van der Waals surface area contributed by atoms with Gasteiger partial charge in [0.2, 0.25) is 5.91 Å². The van der Waals surface area contributed by atoms with Crippen molar-refractivity contribution >= 4 is 44.5 Å². The molecule has 3 rings (SSSR count). The largest absolute Gasteiger partial charge is 0.465 e. The highest BCUT2D eigenvalue weighted by Gasteiger charge is 2.22. The summed E-state index contributed by atoms with van der Waals surface area (Å²) in [5.41, 5.74) is 0.541. The van der Waals surface area contributed by atoms with Gasteiger partial charge in [-0.05, 0) is 35.0 Å². The van der Waals surface area contributed by atoms with Gasteiger partial charge in [0.25, 0.3) is 5.56 Å². The predicted molar refractivity (Wildman–Crippen MR) is 106 cm³/mol. The molecular formula is C18H18BrN5O4. The van der Waals surface area contributed by atoms with E-state index in [2.05, 4.69) is 26.0 Å². The highest BCUT2D eigenvalue weighted by atomic mass is 79.9. The third-order valence-corrected chi connectivity index (χ3v) is 4.59. The number of hydrogen-bond acceptors (Lipinski definition) is 6. The lowest BCUT2D eigenvalue weighted by molar-refractivity contribution is -0.142. The molecule has 1 amide bonds. The second-order valence-corrected chi connectivity index (χ2v) is 6.66. The van der Waals surface area contributed by atoms with E-state index in [4.69, 9.17) is 4.74 Å². The van der Waals surface area contributed by atoms with Gasteiger partial charge in [0.1, 0.15) is 29.4 Å². The first-order valence-corrected chi connectivity index (χ1v) is 9.30. The zero-order valence-electron chi connectivity index (χ0n) is 15.3. The molecule has 0 atom stereocenters. The first kappa shape index (κ1) is 19.7. The maximum atomic E-state index is 12.9. The molecule has 0 aliphatic rings. The smallest absolute Gasteiger partial charge is 0.326 e. The van der Waals surface area contributed by atoms with Gasteiger partial charge in [-0.2, -0.15) is 5.10 Å². The number of amides is 1. The van der Waals surface area contributed by atoms with Crippen molar-refractivity contribution < 1.29 is 14.3 Å². The zero-order valence-corrected chi connectivity index (χ0v) is 16.9. The SMILES string of the molecule is CCOC(=O)CN(C(=O)Cn1cnc2c(c(Br)nn2C)c1=O)c1ccccc1. The molecule has 2 aromatic heterocycles. The van der Waals surface area contributed by atoms with E-state index >= 15 is 0 Å². The molecule has 0 bridgehead atoms. The number of nitrogens with zero attached hydrogens (tertiary/aromatic N) is 5. The third-order valence-electron chi connectivity index (χ3n) is 4.04. The van der Waals surface area contributed by atoms with E-state index in [0.29, 0.717) is 15.9 Å². The summed E-state index contributed by atoms with van der Waals surface area (Å²) in [6.45, 7) is 1.37. The first-order chi connectivity index (χ1) is 13.4. The Morgan fingerprint density at radius 3 is 2.64 bits per heavy atom. The second-order valence-electron chi connectivity index (χ2n) is 5.91. The molecule has 1 aromatic carbocycles. The summed E-state index contributed by atoms with van der Waals surface area (Å²) in [4.78, 5) is 43.1. The molecule has 0 saturated carbocycles. The Morgan fingerprint density at radius 2 is 1.96 bits per heavy atom. The van der Waals surface area contributed by atoms with Crippen molar-refractivity contribution in [2.45, 2.75) is 13.5 Å². The van der Waals surface area contributed by atoms with Gasteiger partial charge >= 0.3 is 5.97 Å². The fraction of sp³-hybridized carbons (Fsp3) is 0.278. The molecule has 0 fully saturated rings. The van der Waals surface area contributed by atoms with Crippen LogP contribution < -0.4 is 10.5 Å². The number of hydrogen-bond donors (Lipinski definition) is 0. The summed E-state index contributed by atoms with van der Waals surface area (Å²) >= 11 is 3.24. The summed E-state index contributed by atoms with van der Waals surface area (Å²) in [5, 5.41) is 4.40. The standard InChI is InChI=1S/C18H18BrN5O4/c1-3-28-14(26)10-24(12-7-5-4-6-8-12)13(25)9-23-11-20-17-15(18(23)27)16(19)21-22(17)2/h4-8,11H,3,9-10H2,1-2H3. The van der Waals surface area contributed by atoms with E-state index in [1.807, 2.05) is 0 Å². The average molecular weight is 448 g/mol. The minimum atomic E-state index is -0.532. The Morgan fingerprint density at radius 1 is 1.25 bits per heavy atom. The van der Waals surface area contributed by atoms with Crippen molar-refractivity contribution in [1.29, 1.82) is 0 Å². The van der Waals surface area contributed by atoms with Crippen LogP contribution in [0.1, 0.15) is 6.92 Å². The topological polar surface area (TPSA) is 99.3 Å². The number of fused-ring (bicyclic) bond motifs is 1. The Balaban J connectivity index is 1.93. The minimum Gasteiger partial charge on any atom is -0.465 e. The number of aromatic nitrogens is 4. The lowest BCUT2D eigenvalue weighted by Gasteiger charge is -2.22. The van der Waals surface area contributed by atoms with Gasteiger partial charge in [0.15, 0.2) is 5.65 Å². The molecule has 28 heavy (non-hydrogen) atoms. The number of anilines is 1. The van der Waals surface area contributed by atoms with Gasteiger partial charge in [0, 0.05) is 12.7 Å². The van der Waals surface area contributed by atoms with Gasteiger partial charge in [-0.3, -0.25) is 23.9 Å². The molecule has 2 heterocycles. The Labute approximate surface area is 168 Å². The number of para-hydroxylation sites is 1. The van der Waals surface area contributed by atoms with Crippen LogP contribution in [0.2, 0.25) is 0 Å². The highest BCUT2D eigenvalue weighted by molar-refractivity contribution is 9.10.